The predicted octanol–water partition coefficient (Wildman–Crippen LogP) is 3.41. The highest BCUT2D eigenvalue weighted by Gasteiger charge is 2.34. The van der Waals surface area contributed by atoms with E-state index in [-0.39, 0.29) is 0 Å². The molecule has 0 aliphatic heterocycles. The Bertz CT molecular complexity index is 423. The second-order valence-corrected chi connectivity index (χ2v) is 6.79. The van der Waals surface area contributed by atoms with Crippen LogP contribution in [0, 0.1) is 5.41 Å². The average Bonchev–Trinajstić information content (AvgIpc) is 2.77. The van der Waals surface area contributed by atoms with E-state index in [0.29, 0.717) is 11.5 Å². The zero-order valence-corrected chi connectivity index (χ0v) is 13.5. The molecule has 0 aromatic carbocycles. The molecule has 3 nitrogen and oxygen atoms in total. The molecule has 1 fully saturated rings. The van der Waals surface area contributed by atoms with Crippen molar-refractivity contribution in [2.24, 2.45) is 12.5 Å². The first-order valence-corrected chi connectivity index (χ1v) is 7.68. The SMILES string of the molecule is CCc1nn(C)c(CNC2CCCC2(C)C)c1Br. The molecule has 102 valence electrons. The van der Waals surface area contributed by atoms with E-state index in [1.807, 2.05) is 11.7 Å². The zero-order chi connectivity index (χ0) is 13.3. The van der Waals surface area contributed by atoms with E-state index < -0.39 is 0 Å². The first kappa shape index (κ1) is 14.1. The van der Waals surface area contributed by atoms with Gasteiger partial charge in [0, 0.05) is 19.6 Å². The minimum absolute atomic E-state index is 0.429. The quantitative estimate of drug-likeness (QED) is 0.923. The maximum absolute atomic E-state index is 4.54. The summed E-state index contributed by atoms with van der Waals surface area (Å²) >= 11 is 3.68. The van der Waals surface area contributed by atoms with Crippen LogP contribution in [0.1, 0.15) is 51.4 Å². The van der Waals surface area contributed by atoms with E-state index in [9.17, 15) is 0 Å². The van der Waals surface area contributed by atoms with Gasteiger partial charge in [0.1, 0.15) is 0 Å². The van der Waals surface area contributed by atoms with Crippen molar-refractivity contribution in [3.8, 4) is 0 Å². The molecule has 0 amide bonds. The molecule has 2 rings (SSSR count). The van der Waals surface area contributed by atoms with Crippen molar-refractivity contribution in [2.45, 2.75) is 59.0 Å². The van der Waals surface area contributed by atoms with Crippen molar-refractivity contribution in [3.05, 3.63) is 15.9 Å². The van der Waals surface area contributed by atoms with E-state index in [1.54, 1.807) is 0 Å². The van der Waals surface area contributed by atoms with Crippen LogP contribution in [-0.2, 0) is 20.0 Å². The third-order valence-electron chi connectivity index (χ3n) is 4.28. The highest BCUT2D eigenvalue weighted by atomic mass is 79.9. The molecule has 0 bridgehead atoms. The van der Waals surface area contributed by atoms with Crippen LogP contribution in [0.2, 0.25) is 0 Å². The third kappa shape index (κ3) is 2.64. The summed E-state index contributed by atoms with van der Waals surface area (Å²) in [4.78, 5) is 0. The number of aromatic nitrogens is 2. The van der Waals surface area contributed by atoms with Crippen molar-refractivity contribution in [3.63, 3.8) is 0 Å². The number of aryl methyl sites for hydroxylation is 2. The Morgan fingerprint density at radius 1 is 1.50 bits per heavy atom. The van der Waals surface area contributed by atoms with E-state index in [0.717, 1.165) is 18.7 Å². The fourth-order valence-corrected chi connectivity index (χ4v) is 3.69. The molecule has 1 saturated carbocycles. The molecule has 18 heavy (non-hydrogen) atoms. The normalized spacial score (nSPS) is 22.6. The van der Waals surface area contributed by atoms with Crippen molar-refractivity contribution in [1.82, 2.24) is 15.1 Å². The zero-order valence-electron chi connectivity index (χ0n) is 11.9. The highest BCUT2D eigenvalue weighted by molar-refractivity contribution is 9.10. The van der Waals surface area contributed by atoms with Gasteiger partial charge >= 0.3 is 0 Å². The number of rotatable bonds is 4. The van der Waals surface area contributed by atoms with E-state index in [1.165, 1.54) is 29.4 Å². The molecule has 0 saturated heterocycles. The number of hydrogen-bond acceptors (Lipinski definition) is 2. The van der Waals surface area contributed by atoms with Gasteiger partial charge in [-0.15, -0.1) is 0 Å². The minimum Gasteiger partial charge on any atom is -0.308 e. The highest BCUT2D eigenvalue weighted by Crippen LogP contribution is 2.37. The van der Waals surface area contributed by atoms with Gasteiger partial charge in [-0.05, 0) is 40.6 Å². The number of nitrogens with zero attached hydrogens (tertiary/aromatic N) is 2. The van der Waals surface area contributed by atoms with Gasteiger partial charge in [0.2, 0.25) is 0 Å². The maximum Gasteiger partial charge on any atom is 0.0767 e. The fraction of sp³-hybridized carbons (Fsp3) is 0.786. The largest absolute Gasteiger partial charge is 0.308 e. The van der Waals surface area contributed by atoms with Crippen LogP contribution in [0.4, 0.5) is 0 Å². The Labute approximate surface area is 118 Å². The molecule has 0 radical (unpaired) electrons. The lowest BCUT2D eigenvalue weighted by molar-refractivity contribution is 0.280. The lowest BCUT2D eigenvalue weighted by Gasteiger charge is -2.28. The van der Waals surface area contributed by atoms with Crippen molar-refractivity contribution < 1.29 is 0 Å². The van der Waals surface area contributed by atoms with Crippen LogP contribution < -0.4 is 5.32 Å². The average molecular weight is 314 g/mol. The molecule has 1 aromatic rings. The fourth-order valence-electron chi connectivity index (χ4n) is 2.94. The monoisotopic (exact) mass is 313 g/mol. The second-order valence-electron chi connectivity index (χ2n) is 6.00. The van der Waals surface area contributed by atoms with Crippen LogP contribution in [0.3, 0.4) is 0 Å². The summed E-state index contributed by atoms with van der Waals surface area (Å²) < 4.78 is 3.17. The molecule has 1 aliphatic carbocycles. The Morgan fingerprint density at radius 2 is 2.22 bits per heavy atom. The molecule has 1 N–H and O–H groups in total. The Kier molecular flexibility index (Phi) is 4.17. The molecule has 0 spiro atoms. The van der Waals surface area contributed by atoms with Gasteiger partial charge in [-0.1, -0.05) is 27.2 Å². The summed E-state index contributed by atoms with van der Waals surface area (Å²) in [5.41, 5.74) is 2.84. The number of hydrogen-bond donors (Lipinski definition) is 1. The summed E-state index contributed by atoms with van der Waals surface area (Å²) in [5.74, 6) is 0. The Balaban J connectivity index is 2.04. The van der Waals surface area contributed by atoms with Gasteiger partial charge in [0.05, 0.1) is 15.9 Å². The second kappa shape index (κ2) is 5.33. The molecule has 1 atom stereocenters. The molecule has 4 heteroatoms. The van der Waals surface area contributed by atoms with Crippen LogP contribution in [0.15, 0.2) is 4.47 Å². The third-order valence-corrected chi connectivity index (χ3v) is 5.19. The van der Waals surface area contributed by atoms with Crippen molar-refractivity contribution >= 4 is 15.9 Å². The lowest BCUT2D eigenvalue weighted by Crippen LogP contribution is -2.37. The standard InChI is InChI=1S/C14H24BrN3/c1-5-10-13(15)11(18(4)17-10)9-16-12-7-6-8-14(12,2)3/h12,16H,5-9H2,1-4H3. The van der Waals surface area contributed by atoms with Gasteiger partial charge in [0.15, 0.2) is 0 Å². The van der Waals surface area contributed by atoms with Crippen LogP contribution >= 0.6 is 15.9 Å². The molecule has 1 aromatic heterocycles. The first-order valence-electron chi connectivity index (χ1n) is 6.89. The van der Waals surface area contributed by atoms with Gasteiger partial charge in [-0.3, -0.25) is 4.68 Å². The van der Waals surface area contributed by atoms with Gasteiger partial charge in [-0.2, -0.15) is 5.10 Å². The minimum atomic E-state index is 0.429. The predicted molar refractivity (Wildman–Crippen MR) is 78.5 cm³/mol. The topological polar surface area (TPSA) is 29.9 Å². The van der Waals surface area contributed by atoms with Gasteiger partial charge in [0.25, 0.3) is 0 Å². The summed E-state index contributed by atoms with van der Waals surface area (Å²) in [6, 6.07) is 0.629. The molecular weight excluding hydrogens is 290 g/mol. The number of nitrogens with one attached hydrogen (secondary N) is 1. The lowest BCUT2D eigenvalue weighted by atomic mass is 9.87. The molecule has 1 heterocycles. The summed E-state index contributed by atoms with van der Waals surface area (Å²) in [7, 11) is 2.03. The summed E-state index contributed by atoms with van der Waals surface area (Å²) in [5, 5.41) is 8.26. The Morgan fingerprint density at radius 3 is 2.72 bits per heavy atom. The van der Waals surface area contributed by atoms with Crippen molar-refractivity contribution in [1.29, 1.82) is 0 Å². The molecular formula is C14H24BrN3. The molecule has 1 unspecified atom stereocenters. The van der Waals surface area contributed by atoms with Crippen LogP contribution in [0.5, 0.6) is 0 Å². The summed E-state index contributed by atoms with van der Waals surface area (Å²) in [6.07, 6.45) is 4.95. The van der Waals surface area contributed by atoms with E-state index >= 15 is 0 Å². The van der Waals surface area contributed by atoms with Crippen LogP contribution in [0.25, 0.3) is 0 Å². The number of halogens is 1. The first-order chi connectivity index (χ1) is 8.45. The summed E-state index contributed by atoms with van der Waals surface area (Å²) in [6.45, 7) is 7.78. The van der Waals surface area contributed by atoms with Gasteiger partial charge < -0.3 is 5.32 Å². The van der Waals surface area contributed by atoms with Crippen LogP contribution in [-0.4, -0.2) is 15.8 Å². The van der Waals surface area contributed by atoms with E-state index in [2.05, 4.69) is 47.1 Å². The van der Waals surface area contributed by atoms with Gasteiger partial charge in [-0.25, -0.2) is 0 Å². The van der Waals surface area contributed by atoms with Crippen molar-refractivity contribution in [2.75, 3.05) is 0 Å². The molecule has 1 aliphatic rings. The van der Waals surface area contributed by atoms with E-state index in [4.69, 9.17) is 0 Å². The Hall–Kier alpha value is -0.350. The maximum atomic E-state index is 4.54. The smallest absolute Gasteiger partial charge is 0.0767 e.